The van der Waals surface area contributed by atoms with E-state index >= 15 is 0 Å². The van der Waals surface area contributed by atoms with E-state index in [4.69, 9.17) is 10.0 Å². The number of hydrogen-bond donors (Lipinski definition) is 2. The minimum Gasteiger partial charge on any atom is -0.423 e. The van der Waals surface area contributed by atoms with Crippen molar-refractivity contribution in [2.75, 3.05) is 0 Å². The predicted octanol–water partition coefficient (Wildman–Crippen LogP) is -0.0188. The summed E-state index contributed by atoms with van der Waals surface area (Å²) in [5.41, 5.74) is 1.07. The van der Waals surface area contributed by atoms with E-state index in [1.54, 1.807) is 24.4 Å². The van der Waals surface area contributed by atoms with Crippen LogP contribution in [0.15, 0.2) is 30.5 Å². The summed E-state index contributed by atoms with van der Waals surface area (Å²) in [6.07, 6.45) is 1.67. The van der Waals surface area contributed by atoms with Crippen molar-refractivity contribution in [1.82, 2.24) is 4.57 Å². The molecule has 0 unspecified atom stereocenters. The van der Waals surface area contributed by atoms with E-state index in [2.05, 4.69) is 0 Å². The maximum Gasteiger partial charge on any atom is 0.488 e. The van der Waals surface area contributed by atoms with Gasteiger partial charge in [0, 0.05) is 18.5 Å². The van der Waals surface area contributed by atoms with E-state index in [0.29, 0.717) is 11.0 Å². The molecule has 1 aromatic carbocycles. The fourth-order valence-corrected chi connectivity index (χ4v) is 1.58. The number of hydrogen-bond acceptors (Lipinski definition) is 3. The van der Waals surface area contributed by atoms with Crippen LogP contribution in [0.3, 0.4) is 0 Å². The third kappa shape index (κ3) is 1.67. The standard InChI is InChI=1S/C10H10BNO3/c1-7(13)12-5-4-8-2-3-9(11(14)15)6-10(8)12/h2-6,14-15H,1H3. The van der Waals surface area contributed by atoms with Crippen molar-refractivity contribution in [3.05, 3.63) is 30.5 Å². The molecule has 0 atom stereocenters. The van der Waals surface area contributed by atoms with Crippen molar-refractivity contribution in [1.29, 1.82) is 0 Å². The summed E-state index contributed by atoms with van der Waals surface area (Å²) in [5.74, 6) is -0.102. The molecule has 0 aliphatic carbocycles. The highest BCUT2D eigenvalue weighted by Gasteiger charge is 2.13. The fraction of sp³-hybridized carbons (Fsp3) is 0.100. The predicted molar refractivity (Wildman–Crippen MR) is 58.1 cm³/mol. The minimum absolute atomic E-state index is 0.102. The number of carbonyl (C=O) groups is 1. The highest BCUT2D eigenvalue weighted by Crippen LogP contribution is 2.13. The van der Waals surface area contributed by atoms with E-state index in [1.807, 2.05) is 6.07 Å². The molecule has 5 heteroatoms. The van der Waals surface area contributed by atoms with Crippen LogP contribution in [0.1, 0.15) is 11.7 Å². The Morgan fingerprint density at radius 2 is 2.07 bits per heavy atom. The van der Waals surface area contributed by atoms with Crippen molar-refractivity contribution in [2.45, 2.75) is 6.92 Å². The molecule has 0 amide bonds. The van der Waals surface area contributed by atoms with Gasteiger partial charge in [-0.2, -0.15) is 0 Å². The molecule has 76 valence electrons. The first-order valence-electron chi connectivity index (χ1n) is 4.57. The highest BCUT2D eigenvalue weighted by atomic mass is 16.4. The molecular formula is C10H10BNO3. The fourth-order valence-electron chi connectivity index (χ4n) is 1.58. The first-order valence-corrected chi connectivity index (χ1v) is 4.57. The quantitative estimate of drug-likeness (QED) is 0.640. The van der Waals surface area contributed by atoms with Gasteiger partial charge < -0.3 is 10.0 Å². The number of nitrogens with zero attached hydrogens (tertiary/aromatic N) is 1. The van der Waals surface area contributed by atoms with Gasteiger partial charge in [-0.05, 0) is 17.6 Å². The minimum atomic E-state index is -1.51. The van der Waals surface area contributed by atoms with Crippen LogP contribution >= 0.6 is 0 Å². The van der Waals surface area contributed by atoms with Crippen LogP contribution < -0.4 is 5.46 Å². The van der Waals surface area contributed by atoms with E-state index in [1.165, 1.54) is 11.5 Å². The molecule has 0 saturated carbocycles. The Morgan fingerprint density at radius 3 is 2.67 bits per heavy atom. The zero-order valence-electron chi connectivity index (χ0n) is 8.21. The molecular weight excluding hydrogens is 193 g/mol. The van der Waals surface area contributed by atoms with Gasteiger partial charge in [-0.1, -0.05) is 12.1 Å². The molecule has 15 heavy (non-hydrogen) atoms. The molecule has 1 aromatic heterocycles. The summed E-state index contributed by atoms with van der Waals surface area (Å²) in [6.45, 7) is 1.46. The molecule has 0 bridgehead atoms. The topological polar surface area (TPSA) is 62.5 Å². The molecule has 2 N–H and O–H groups in total. The van der Waals surface area contributed by atoms with Gasteiger partial charge in [0.1, 0.15) is 0 Å². The van der Waals surface area contributed by atoms with E-state index < -0.39 is 7.12 Å². The second kappa shape index (κ2) is 3.53. The normalized spacial score (nSPS) is 10.6. The largest absolute Gasteiger partial charge is 0.488 e. The third-order valence-corrected chi connectivity index (χ3v) is 2.35. The molecule has 0 aliphatic heterocycles. The van der Waals surface area contributed by atoms with Crippen LogP contribution in [0.2, 0.25) is 0 Å². The van der Waals surface area contributed by atoms with Gasteiger partial charge in [0.15, 0.2) is 0 Å². The second-order valence-corrected chi connectivity index (χ2v) is 3.40. The SMILES string of the molecule is CC(=O)n1ccc2ccc(B(O)O)cc21. The summed E-state index contributed by atoms with van der Waals surface area (Å²) in [4.78, 5) is 11.2. The van der Waals surface area contributed by atoms with Crippen molar-refractivity contribution >= 4 is 29.4 Å². The smallest absolute Gasteiger partial charge is 0.423 e. The Balaban J connectivity index is 2.66. The number of benzene rings is 1. The van der Waals surface area contributed by atoms with Gasteiger partial charge in [-0.15, -0.1) is 0 Å². The van der Waals surface area contributed by atoms with Crippen LogP contribution in [-0.2, 0) is 0 Å². The zero-order valence-corrected chi connectivity index (χ0v) is 8.21. The molecule has 0 radical (unpaired) electrons. The lowest BCUT2D eigenvalue weighted by atomic mass is 9.80. The van der Waals surface area contributed by atoms with Gasteiger partial charge in [-0.25, -0.2) is 0 Å². The summed E-state index contributed by atoms with van der Waals surface area (Å²) >= 11 is 0. The summed E-state index contributed by atoms with van der Waals surface area (Å²) < 4.78 is 1.47. The maximum absolute atomic E-state index is 11.2. The molecule has 2 aromatic rings. The molecule has 0 fully saturated rings. The molecule has 0 spiro atoms. The molecule has 0 aliphatic rings. The third-order valence-electron chi connectivity index (χ3n) is 2.35. The number of aromatic nitrogens is 1. The van der Waals surface area contributed by atoms with Crippen molar-refractivity contribution in [3.63, 3.8) is 0 Å². The first-order chi connectivity index (χ1) is 7.09. The van der Waals surface area contributed by atoms with Crippen LogP contribution in [0.4, 0.5) is 0 Å². The summed E-state index contributed by atoms with van der Waals surface area (Å²) in [6, 6.07) is 6.78. The van der Waals surface area contributed by atoms with Crippen LogP contribution in [-0.4, -0.2) is 27.6 Å². The van der Waals surface area contributed by atoms with E-state index in [0.717, 1.165) is 5.39 Å². The monoisotopic (exact) mass is 203 g/mol. The van der Waals surface area contributed by atoms with Crippen molar-refractivity contribution in [3.8, 4) is 0 Å². The average Bonchev–Trinajstić information content (AvgIpc) is 2.59. The van der Waals surface area contributed by atoms with Gasteiger partial charge >= 0.3 is 7.12 Å². The Morgan fingerprint density at radius 1 is 1.33 bits per heavy atom. The van der Waals surface area contributed by atoms with Gasteiger partial charge in [0.25, 0.3) is 0 Å². The lowest BCUT2D eigenvalue weighted by molar-refractivity contribution is 0.0941. The second-order valence-electron chi connectivity index (χ2n) is 3.40. The van der Waals surface area contributed by atoms with Gasteiger partial charge in [-0.3, -0.25) is 9.36 Å². The maximum atomic E-state index is 11.2. The molecule has 1 heterocycles. The first kappa shape index (κ1) is 9.95. The van der Waals surface area contributed by atoms with E-state index in [9.17, 15) is 4.79 Å². The number of carbonyl (C=O) groups excluding carboxylic acids is 1. The highest BCUT2D eigenvalue weighted by molar-refractivity contribution is 6.58. The van der Waals surface area contributed by atoms with Crippen molar-refractivity contribution in [2.24, 2.45) is 0 Å². The summed E-state index contributed by atoms with van der Waals surface area (Å²) in [5, 5.41) is 18.9. The molecule has 2 rings (SSSR count). The Hall–Kier alpha value is -1.59. The number of fused-ring (bicyclic) bond motifs is 1. The van der Waals surface area contributed by atoms with Crippen LogP contribution in [0.5, 0.6) is 0 Å². The van der Waals surface area contributed by atoms with E-state index in [-0.39, 0.29) is 5.91 Å². The Bertz CT molecular complexity index is 518. The number of rotatable bonds is 1. The van der Waals surface area contributed by atoms with Crippen LogP contribution in [0, 0.1) is 0 Å². The summed E-state index contributed by atoms with van der Waals surface area (Å²) in [7, 11) is -1.51. The Labute approximate surface area is 86.9 Å². The van der Waals surface area contributed by atoms with Gasteiger partial charge in [0.05, 0.1) is 5.52 Å². The van der Waals surface area contributed by atoms with Gasteiger partial charge in [0.2, 0.25) is 5.91 Å². The Kier molecular flexibility index (Phi) is 2.34. The molecule has 4 nitrogen and oxygen atoms in total. The lowest BCUT2D eigenvalue weighted by Gasteiger charge is -2.02. The van der Waals surface area contributed by atoms with Crippen LogP contribution in [0.25, 0.3) is 10.9 Å². The van der Waals surface area contributed by atoms with Crippen molar-refractivity contribution < 1.29 is 14.8 Å². The molecule has 0 saturated heterocycles. The average molecular weight is 203 g/mol. The zero-order chi connectivity index (χ0) is 11.0. The lowest BCUT2D eigenvalue weighted by Crippen LogP contribution is -2.29.